The minimum atomic E-state index is -0.686. The molecule has 0 bridgehead atoms. The summed E-state index contributed by atoms with van der Waals surface area (Å²) >= 11 is 3.40. The molecular weight excluding hydrogens is 511 g/mol. The van der Waals surface area contributed by atoms with Gasteiger partial charge in [-0.05, 0) is 56.5 Å². The summed E-state index contributed by atoms with van der Waals surface area (Å²) in [5.74, 6) is -0.256. The van der Waals surface area contributed by atoms with Crippen molar-refractivity contribution in [2.75, 3.05) is 25.0 Å². The number of aromatic nitrogens is 1. The number of rotatable bonds is 11. The van der Waals surface area contributed by atoms with E-state index in [1.807, 2.05) is 6.07 Å². The standard InChI is InChI=1S/C23H24BrFN4O5/c1-2-26-23(30)34-21-13-16(25)7-9-20(21)33-11-5-3-4-10-27-22-17-12-15(24)6-8-18(17)28-14-19(22)29(31)32/h6-9,12-14H,2-5,10-11H2,1H3,(H,26,30)(H,27,28). The smallest absolute Gasteiger partial charge is 0.412 e. The molecular formula is C23H24BrFN4O5. The maximum absolute atomic E-state index is 13.5. The van der Waals surface area contributed by atoms with Gasteiger partial charge in [-0.25, -0.2) is 14.2 Å². The van der Waals surface area contributed by atoms with E-state index in [4.69, 9.17) is 9.47 Å². The van der Waals surface area contributed by atoms with Crippen molar-refractivity contribution >= 4 is 44.3 Å². The first-order chi connectivity index (χ1) is 16.4. The Bertz CT molecular complexity index is 1180. The minimum absolute atomic E-state index is 0.00986. The predicted octanol–water partition coefficient (Wildman–Crippen LogP) is 5.81. The number of unbranched alkanes of at least 4 members (excludes halogenated alkanes) is 2. The number of benzene rings is 2. The Morgan fingerprint density at radius 2 is 2.00 bits per heavy atom. The summed E-state index contributed by atoms with van der Waals surface area (Å²) in [6, 6.07) is 9.17. The molecule has 0 saturated heterocycles. The lowest BCUT2D eigenvalue weighted by molar-refractivity contribution is -0.384. The van der Waals surface area contributed by atoms with E-state index in [2.05, 4.69) is 31.5 Å². The molecule has 11 heteroatoms. The van der Waals surface area contributed by atoms with Crippen molar-refractivity contribution in [1.82, 2.24) is 10.3 Å². The Labute approximate surface area is 203 Å². The van der Waals surface area contributed by atoms with Crippen molar-refractivity contribution in [1.29, 1.82) is 0 Å². The van der Waals surface area contributed by atoms with E-state index in [-0.39, 0.29) is 17.2 Å². The first-order valence-electron chi connectivity index (χ1n) is 10.7. The average Bonchev–Trinajstić information content (AvgIpc) is 2.79. The molecule has 0 fully saturated rings. The van der Waals surface area contributed by atoms with Gasteiger partial charge in [0.05, 0.1) is 17.0 Å². The van der Waals surface area contributed by atoms with Crippen LogP contribution in [0.3, 0.4) is 0 Å². The minimum Gasteiger partial charge on any atom is -0.490 e. The van der Waals surface area contributed by atoms with Crippen LogP contribution in [0.1, 0.15) is 26.2 Å². The molecule has 0 aliphatic rings. The van der Waals surface area contributed by atoms with Gasteiger partial charge in [0, 0.05) is 29.0 Å². The molecule has 34 heavy (non-hydrogen) atoms. The first kappa shape index (κ1) is 25.2. The average molecular weight is 535 g/mol. The van der Waals surface area contributed by atoms with Crippen LogP contribution in [0.5, 0.6) is 11.5 Å². The molecule has 3 rings (SSSR count). The number of hydrogen-bond donors (Lipinski definition) is 2. The van der Waals surface area contributed by atoms with Crippen LogP contribution < -0.4 is 20.1 Å². The summed E-state index contributed by atoms with van der Waals surface area (Å²) in [7, 11) is 0. The second-order valence-corrected chi connectivity index (χ2v) is 8.20. The van der Waals surface area contributed by atoms with E-state index >= 15 is 0 Å². The lowest BCUT2D eigenvalue weighted by Gasteiger charge is -2.12. The normalized spacial score (nSPS) is 10.7. The third-order valence-electron chi connectivity index (χ3n) is 4.82. The van der Waals surface area contributed by atoms with E-state index in [0.717, 1.165) is 23.4 Å². The summed E-state index contributed by atoms with van der Waals surface area (Å²) in [6.45, 7) is 2.98. The predicted molar refractivity (Wildman–Crippen MR) is 130 cm³/mol. The van der Waals surface area contributed by atoms with Crippen molar-refractivity contribution in [2.45, 2.75) is 26.2 Å². The van der Waals surface area contributed by atoms with Gasteiger partial charge in [0.15, 0.2) is 11.5 Å². The van der Waals surface area contributed by atoms with Crippen LogP contribution in [0.15, 0.2) is 47.1 Å². The third kappa shape index (κ3) is 6.77. The van der Waals surface area contributed by atoms with Crippen molar-refractivity contribution in [3.05, 3.63) is 63.0 Å². The summed E-state index contributed by atoms with van der Waals surface area (Å²) < 4.78 is 25.1. The molecule has 3 aromatic rings. The number of nitrogens with one attached hydrogen (secondary N) is 2. The van der Waals surface area contributed by atoms with Gasteiger partial charge in [-0.15, -0.1) is 0 Å². The zero-order chi connectivity index (χ0) is 24.5. The maximum atomic E-state index is 13.5. The zero-order valence-corrected chi connectivity index (χ0v) is 20.1. The van der Waals surface area contributed by atoms with Gasteiger partial charge in [0.1, 0.15) is 17.7 Å². The molecule has 2 N–H and O–H groups in total. The highest BCUT2D eigenvalue weighted by Crippen LogP contribution is 2.33. The number of hydrogen-bond acceptors (Lipinski definition) is 7. The van der Waals surface area contributed by atoms with Crippen molar-refractivity contribution in [3.63, 3.8) is 0 Å². The van der Waals surface area contributed by atoms with E-state index in [1.165, 1.54) is 18.3 Å². The van der Waals surface area contributed by atoms with Crippen LogP contribution in [0.25, 0.3) is 10.9 Å². The summed E-state index contributed by atoms with van der Waals surface area (Å²) in [4.78, 5) is 26.8. The number of pyridine rings is 1. The number of nitrogens with zero attached hydrogens (tertiary/aromatic N) is 2. The number of carbonyl (C=O) groups excluding carboxylic acids is 1. The van der Waals surface area contributed by atoms with Gasteiger partial charge in [-0.3, -0.25) is 10.1 Å². The fraction of sp³-hybridized carbons (Fsp3) is 0.304. The molecule has 1 heterocycles. The van der Waals surface area contributed by atoms with E-state index in [1.54, 1.807) is 19.1 Å². The topological polar surface area (TPSA) is 116 Å². The Kier molecular flexibility index (Phi) is 8.97. The monoisotopic (exact) mass is 534 g/mol. The lowest BCUT2D eigenvalue weighted by atomic mass is 10.1. The van der Waals surface area contributed by atoms with Gasteiger partial charge in [-0.1, -0.05) is 15.9 Å². The van der Waals surface area contributed by atoms with Crippen LogP contribution in [0.4, 0.5) is 20.6 Å². The quantitative estimate of drug-likeness (QED) is 0.181. The van der Waals surface area contributed by atoms with E-state index in [0.29, 0.717) is 42.7 Å². The van der Waals surface area contributed by atoms with E-state index < -0.39 is 16.8 Å². The molecule has 0 aliphatic carbocycles. The van der Waals surface area contributed by atoms with Crippen molar-refractivity contribution < 1.29 is 23.6 Å². The van der Waals surface area contributed by atoms with E-state index in [9.17, 15) is 19.3 Å². The number of carbonyl (C=O) groups is 1. The number of fused-ring (bicyclic) bond motifs is 1. The second-order valence-electron chi connectivity index (χ2n) is 7.28. The number of amides is 1. The van der Waals surface area contributed by atoms with Gasteiger partial charge < -0.3 is 20.1 Å². The molecule has 180 valence electrons. The second kappa shape index (κ2) is 12.1. The Hall–Kier alpha value is -3.47. The molecule has 0 radical (unpaired) electrons. The Morgan fingerprint density at radius 3 is 2.76 bits per heavy atom. The number of halogens is 2. The van der Waals surface area contributed by atoms with Gasteiger partial charge in [0.2, 0.25) is 0 Å². The summed E-state index contributed by atoms with van der Waals surface area (Å²) in [5.41, 5.74) is 1.02. The van der Waals surface area contributed by atoms with Crippen molar-refractivity contribution in [2.24, 2.45) is 0 Å². The number of anilines is 1. The largest absolute Gasteiger partial charge is 0.490 e. The summed E-state index contributed by atoms with van der Waals surface area (Å²) in [5, 5.41) is 17.8. The summed E-state index contributed by atoms with van der Waals surface area (Å²) in [6.07, 6.45) is 2.78. The molecule has 0 unspecified atom stereocenters. The van der Waals surface area contributed by atoms with Crippen LogP contribution in [-0.2, 0) is 0 Å². The zero-order valence-electron chi connectivity index (χ0n) is 18.5. The molecule has 2 aromatic carbocycles. The third-order valence-corrected chi connectivity index (χ3v) is 5.31. The highest BCUT2D eigenvalue weighted by Gasteiger charge is 2.18. The highest BCUT2D eigenvalue weighted by atomic mass is 79.9. The molecule has 9 nitrogen and oxygen atoms in total. The first-order valence-corrected chi connectivity index (χ1v) is 11.5. The SMILES string of the molecule is CCNC(=O)Oc1cc(F)ccc1OCCCCCNc1c([N+](=O)[O-])cnc2ccc(Br)cc12. The van der Waals surface area contributed by atoms with Gasteiger partial charge in [-0.2, -0.15) is 0 Å². The number of nitro groups is 1. The molecule has 0 atom stereocenters. The molecule has 0 saturated carbocycles. The number of ether oxygens (including phenoxy) is 2. The molecule has 1 amide bonds. The van der Waals surface area contributed by atoms with Gasteiger partial charge in [0.25, 0.3) is 0 Å². The van der Waals surface area contributed by atoms with Crippen LogP contribution in [0.2, 0.25) is 0 Å². The Balaban J connectivity index is 1.51. The molecule has 1 aromatic heterocycles. The molecule has 0 aliphatic heterocycles. The molecule has 0 spiro atoms. The van der Waals surface area contributed by atoms with Crippen LogP contribution >= 0.6 is 15.9 Å². The fourth-order valence-corrected chi connectivity index (χ4v) is 3.60. The maximum Gasteiger partial charge on any atom is 0.412 e. The van der Waals surface area contributed by atoms with Gasteiger partial charge >= 0.3 is 11.8 Å². The fourth-order valence-electron chi connectivity index (χ4n) is 3.24. The van der Waals surface area contributed by atoms with Crippen LogP contribution in [-0.4, -0.2) is 35.7 Å². The highest BCUT2D eigenvalue weighted by molar-refractivity contribution is 9.10. The lowest BCUT2D eigenvalue weighted by Crippen LogP contribution is -2.26. The Morgan fingerprint density at radius 1 is 1.18 bits per heavy atom. The van der Waals surface area contributed by atoms with Crippen molar-refractivity contribution in [3.8, 4) is 11.5 Å². The van der Waals surface area contributed by atoms with Crippen LogP contribution in [0, 0.1) is 15.9 Å².